The molecule has 0 aliphatic carbocycles. The molecule has 0 unspecified atom stereocenters. The average molecular weight is 532 g/mol. The van der Waals surface area contributed by atoms with Gasteiger partial charge in [-0.05, 0) is 65.4 Å². The van der Waals surface area contributed by atoms with Crippen LogP contribution in [0.5, 0.6) is 17.2 Å². The number of hydrogen-bond acceptors (Lipinski definition) is 6. The number of methoxy groups -OCH3 is 3. The molecule has 0 saturated carbocycles. The van der Waals surface area contributed by atoms with Gasteiger partial charge in [-0.25, -0.2) is 0 Å². The fraction of sp³-hybridized carbons (Fsp3) is 0.355. The van der Waals surface area contributed by atoms with Crippen LogP contribution in [0.1, 0.15) is 57.2 Å². The Morgan fingerprint density at radius 2 is 1.54 bits per heavy atom. The molecule has 4 rings (SSSR count). The van der Waals surface area contributed by atoms with Crippen molar-refractivity contribution < 1.29 is 23.8 Å². The lowest BCUT2D eigenvalue weighted by molar-refractivity contribution is 0.0948. The maximum atomic E-state index is 13.2. The third-order valence-corrected chi connectivity index (χ3v) is 7.08. The number of para-hydroxylation sites is 1. The van der Waals surface area contributed by atoms with Crippen molar-refractivity contribution in [3.05, 3.63) is 82.4 Å². The van der Waals surface area contributed by atoms with Crippen molar-refractivity contribution in [1.29, 1.82) is 0 Å². The summed E-state index contributed by atoms with van der Waals surface area (Å²) < 4.78 is 16.4. The van der Waals surface area contributed by atoms with E-state index < -0.39 is 0 Å². The van der Waals surface area contributed by atoms with Crippen LogP contribution in [0, 0.1) is 0 Å². The van der Waals surface area contributed by atoms with Crippen molar-refractivity contribution in [3.8, 4) is 17.2 Å². The first-order valence-electron chi connectivity index (χ1n) is 13.2. The van der Waals surface area contributed by atoms with Crippen molar-refractivity contribution in [2.24, 2.45) is 0 Å². The van der Waals surface area contributed by atoms with Gasteiger partial charge in [0.2, 0.25) is 0 Å². The fourth-order valence-corrected chi connectivity index (χ4v) is 4.78. The monoisotopic (exact) mass is 531 g/mol. The fourth-order valence-electron chi connectivity index (χ4n) is 4.78. The third kappa shape index (κ3) is 6.52. The molecule has 39 heavy (non-hydrogen) atoms. The SMILES string of the molecule is COc1cc2c(cc1OC)CN(CCNC(=O)c1cccc(OC)c1NC(=O)c1ccc(C(C)C)cc1)CC2. The van der Waals surface area contributed by atoms with Gasteiger partial charge in [-0.3, -0.25) is 14.5 Å². The van der Waals surface area contributed by atoms with Crippen LogP contribution < -0.4 is 24.8 Å². The second kappa shape index (κ2) is 12.7. The number of amides is 2. The summed E-state index contributed by atoms with van der Waals surface area (Å²) in [5.74, 6) is 1.68. The van der Waals surface area contributed by atoms with Crippen LogP contribution >= 0.6 is 0 Å². The molecule has 1 aliphatic heterocycles. The van der Waals surface area contributed by atoms with E-state index in [9.17, 15) is 9.59 Å². The van der Waals surface area contributed by atoms with Gasteiger partial charge in [0, 0.05) is 31.7 Å². The van der Waals surface area contributed by atoms with E-state index >= 15 is 0 Å². The zero-order chi connectivity index (χ0) is 27.9. The van der Waals surface area contributed by atoms with Crippen LogP contribution in [0.3, 0.4) is 0 Å². The Bertz CT molecular complexity index is 1320. The molecule has 0 atom stereocenters. The van der Waals surface area contributed by atoms with E-state index in [1.165, 1.54) is 18.2 Å². The molecule has 2 amide bonds. The number of fused-ring (bicyclic) bond motifs is 1. The van der Waals surface area contributed by atoms with Crippen molar-refractivity contribution in [1.82, 2.24) is 10.2 Å². The van der Waals surface area contributed by atoms with Gasteiger partial charge in [0.25, 0.3) is 11.8 Å². The van der Waals surface area contributed by atoms with Crippen LogP contribution in [0.25, 0.3) is 0 Å². The molecular formula is C31H37N3O5. The number of ether oxygens (including phenoxy) is 3. The third-order valence-electron chi connectivity index (χ3n) is 7.08. The molecule has 8 nitrogen and oxygen atoms in total. The van der Waals surface area contributed by atoms with E-state index in [2.05, 4.69) is 29.4 Å². The van der Waals surface area contributed by atoms with Gasteiger partial charge in [-0.1, -0.05) is 32.0 Å². The Hall–Kier alpha value is -4.04. The van der Waals surface area contributed by atoms with Gasteiger partial charge in [-0.15, -0.1) is 0 Å². The normalized spacial score (nSPS) is 13.0. The van der Waals surface area contributed by atoms with Gasteiger partial charge in [0.15, 0.2) is 11.5 Å². The number of hydrogen-bond donors (Lipinski definition) is 2. The lowest BCUT2D eigenvalue weighted by Gasteiger charge is -2.29. The van der Waals surface area contributed by atoms with E-state index in [1.807, 2.05) is 24.3 Å². The van der Waals surface area contributed by atoms with Crippen molar-refractivity contribution in [2.75, 3.05) is 46.3 Å². The molecule has 0 aromatic heterocycles. The van der Waals surface area contributed by atoms with Gasteiger partial charge in [0.1, 0.15) is 5.75 Å². The minimum atomic E-state index is -0.303. The molecule has 0 bridgehead atoms. The van der Waals surface area contributed by atoms with E-state index in [1.54, 1.807) is 44.6 Å². The van der Waals surface area contributed by atoms with E-state index in [-0.39, 0.29) is 11.8 Å². The van der Waals surface area contributed by atoms with Gasteiger partial charge in [0.05, 0.1) is 32.6 Å². The number of carbonyl (C=O) groups excluding carboxylic acids is 2. The molecule has 1 heterocycles. The highest BCUT2D eigenvalue weighted by molar-refractivity contribution is 6.10. The maximum absolute atomic E-state index is 13.2. The number of anilines is 1. The number of benzene rings is 3. The molecule has 1 aliphatic rings. The quantitative estimate of drug-likeness (QED) is 0.388. The highest BCUT2D eigenvalue weighted by atomic mass is 16.5. The summed E-state index contributed by atoms with van der Waals surface area (Å²) in [4.78, 5) is 28.5. The van der Waals surface area contributed by atoms with Gasteiger partial charge < -0.3 is 24.8 Å². The minimum Gasteiger partial charge on any atom is -0.495 e. The molecule has 0 spiro atoms. The highest BCUT2D eigenvalue weighted by Gasteiger charge is 2.21. The van der Waals surface area contributed by atoms with Gasteiger partial charge >= 0.3 is 0 Å². The van der Waals surface area contributed by atoms with Crippen LogP contribution in [0.4, 0.5) is 5.69 Å². The smallest absolute Gasteiger partial charge is 0.255 e. The standard InChI is InChI=1S/C31H37N3O5/c1-20(2)21-9-11-22(12-10-21)30(35)33-29-25(7-6-8-26(29)37-3)31(36)32-14-16-34-15-13-23-17-27(38-4)28(39-5)18-24(23)19-34/h6-12,17-18,20H,13-16,19H2,1-5H3,(H,32,36)(H,33,35). The Morgan fingerprint density at radius 1 is 0.872 bits per heavy atom. The molecule has 3 aromatic rings. The maximum Gasteiger partial charge on any atom is 0.255 e. The summed E-state index contributed by atoms with van der Waals surface area (Å²) in [5.41, 5.74) is 4.81. The summed E-state index contributed by atoms with van der Waals surface area (Å²) in [5, 5.41) is 5.89. The minimum absolute atomic E-state index is 0.275. The lowest BCUT2D eigenvalue weighted by atomic mass is 9.99. The second-order valence-electron chi connectivity index (χ2n) is 9.87. The molecule has 2 N–H and O–H groups in total. The Balaban J connectivity index is 1.40. The summed E-state index contributed by atoms with van der Waals surface area (Å²) in [6.07, 6.45) is 0.897. The number of nitrogens with zero attached hydrogens (tertiary/aromatic N) is 1. The first-order chi connectivity index (χ1) is 18.8. The summed E-state index contributed by atoms with van der Waals surface area (Å²) in [6.45, 7) is 7.01. The average Bonchev–Trinajstić information content (AvgIpc) is 2.96. The first kappa shape index (κ1) is 28.0. The summed E-state index contributed by atoms with van der Waals surface area (Å²) in [6, 6.07) is 16.7. The molecule has 0 radical (unpaired) electrons. The first-order valence-corrected chi connectivity index (χ1v) is 13.2. The summed E-state index contributed by atoms with van der Waals surface area (Å²) in [7, 11) is 4.80. The van der Waals surface area contributed by atoms with Crippen LogP contribution in [-0.2, 0) is 13.0 Å². The molecule has 0 saturated heterocycles. The number of rotatable bonds is 10. The Morgan fingerprint density at radius 3 is 2.18 bits per heavy atom. The number of carbonyl (C=O) groups is 2. The molecule has 8 heteroatoms. The molecule has 206 valence electrons. The van der Waals surface area contributed by atoms with E-state index in [4.69, 9.17) is 14.2 Å². The Kier molecular flexibility index (Phi) is 9.09. The largest absolute Gasteiger partial charge is 0.495 e. The second-order valence-corrected chi connectivity index (χ2v) is 9.87. The van der Waals surface area contributed by atoms with E-state index in [0.29, 0.717) is 41.6 Å². The Labute approximate surface area is 230 Å². The predicted molar refractivity (Wildman–Crippen MR) is 152 cm³/mol. The van der Waals surface area contributed by atoms with E-state index in [0.717, 1.165) is 36.6 Å². The lowest BCUT2D eigenvalue weighted by Crippen LogP contribution is -2.38. The molecule has 0 fully saturated rings. The van der Waals surface area contributed by atoms with Crippen LogP contribution in [0.2, 0.25) is 0 Å². The van der Waals surface area contributed by atoms with Crippen molar-refractivity contribution in [2.45, 2.75) is 32.7 Å². The predicted octanol–water partition coefficient (Wildman–Crippen LogP) is 4.88. The topological polar surface area (TPSA) is 89.1 Å². The molecule has 3 aromatic carbocycles. The van der Waals surface area contributed by atoms with Crippen molar-refractivity contribution in [3.63, 3.8) is 0 Å². The van der Waals surface area contributed by atoms with Gasteiger partial charge in [-0.2, -0.15) is 0 Å². The van der Waals surface area contributed by atoms with Crippen LogP contribution in [-0.4, -0.2) is 57.7 Å². The van der Waals surface area contributed by atoms with Crippen molar-refractivity contribution >= 4 is 17.5 Å². The molecular weight excluding hydrogens is 494 g/mol. The zero-order valence-corrected chi connectivity index (χ0v) is 23.3. The highest BCUT2D eigenvalue weighted by Crippen LogP contribution is 2.33. The van der Waals surface area contributed by atoms with Crippen LogP contribution in [0.15, 0.2) is 54.6 Å². The zero-order valence-electron chi connectivity index (χ0n) is 23.3. The summed E-state index contributed by atoms with van der Waals surface area (Å²) >= 11 is 0. The number of nitrogens with one attached hydrogen (secondary N) is 2.